The lowest BCUT2D eigenvalue weighted by atomic mass is 10.0. The summed E-state index contributed by atoms with van der Waals surface area (Å²) >= 11 is 0. The minimum Gasteiger partial charge on any atom is -0.368 e. The van der Waals surface area contributed by atoms with Crippen LogP contribution in [0.25, 0.3) is 10.8 Å². The van der Waals surface area contributed by atoms with Crippen molar-refractivity contribution >= 4 is 16.6 Å². The molecule has 0 unspecified atom stereocenters. The zero-order chi connectivity index (χ0) is 13.3. The average Bonchev–Trinajstić information content (AvgIpc) is 3.19. The maximum atomic E-state index is 4.34. The molecule has 0 bridgehead atoms. The van der Waals surface area contributed by atoms with Crippen molar-refractivity contribution in [3.05, 3.63) is 30.0 Å². The van der Waals surface area contributed by atoms with Crippen molar-refractivity contribution in [2.75, 3.05) is 11.9 Å². The molecule has 1 aliphatic carbocycles. The predicted octanol–water partition coefficient (Wildman–Crippen LogP) is 3.93. The lowest BCUT2D eigenvalue weighted by molar-refractivity contribution is 0.485. The fourth-order valence-electron chi connectivity index (χ4n) is 2.86. The zero-order valence-corrected chi connectivity index (χ0v) is 11.7. The van der Waals surface area contributed by atoms with Crippen LogP contribution in [-0.2, 0) is 0 Å². The number of benzene rings is 1. The molecule has 3 heteroatoms. The highest BCUT2D eigenvalue weighted by Gasteiger charge is 2.41. The number of aromatic nitrogens is 2. The summed E-state index contributed by atoms with van der Waals surface area (Å²) in [6, 6.07) is 8.36. The first-order valence-electron chi connectivity index (χ1n) is 7.20. The molecule has 0 aliphatic heterocycles. The molecule has 1 saturated carbocycles. The second kappa shape index (κ2) is 4.80. The molecule has 100 valence electrons. The summed E-state index contributed by atoms with van der Waals surface area (Å²) < 4.78 is 0. The monoisotopic (exact) mass is 255 g/mol. The van der Waals surface area contributed by atoms with Crippen molar-refractivity contribution < 1.29 is 0 Å². The highest BCUT2D eigenvalue weighted by Crippen LogP contribution is 2.49. The van der Waals surface area contributed by atoms with E-state index in [9.17, 15) is 0 Å². The topological polar surface area (TPSA) is 37.8 Å². The van der Waals surface area contributed by atoms with Gasteiger partial charge >= 0.3 is 0 Å². The number of aryl methyl sites for hydroxylation is 1. The van der Waals surface area contributed by atoms with Crippen LogP contribution < -0.4 is 5.32 Å². The Bertz CT molecular complexity index is 588. The van der Waals surface area contributed by atoms with Crippen LogP contribution in [-0.4, -0.2) is 16.7 Å². The molecule has 0 spiro atoms. The minimum atomic E-state index is 0.530. The molecule has 1 aliphatic rings. The van der Waals surface area contributed by atoms with E-state index in [1.807, 2.05) is 6.92 Å². The third kappa shape index (κ3) is 2.42. The number of fused-ring (bicyclic) bond motifs is 1. The molecule has 3 nitrogen and oxygen atoms in total. The summed E-state index contributed by atoms with van der Waals surface area (Å²) in [7, 11) is 0. The first-order valence-corrected chi connectivity index (χ1v) is 7.20. The number of hydrogen-bond acceptors (Lipinski definition) is 3. The molecular weight excluding hydrogens is 234 g/mol. The van der Waals surface area contributed by atoms with Gasteiger partial charge in [0.1, 0.15) is 0 Å². The van der Waals surface area contributed by atoms with Crippen LogP contribution in [0, 0.1) is 12.3 Å². The Morgan fingerprint density at radius 3 is 2.58 bits per heavy atom. The summed E-state index contributed by atoms with van der Waals surface area (Å²) in [5.41, 5.74) is 1.53. The Balaban J connectivity index is 1.84. The van der Waals surface area contributed by atoms with E-state index in [1.165, 1.54) is 36.5 Å². The third-order valence-electron chi connectivity index (χ3n) is 4.24. The molecule has 0 amide bonds. The fourth-order valence-corrected chi connectivity index (χ4v) is 2.86. The Hall–Kier alpha value is -1.64. The Morgan fingerprint density at radius 2 is 1.89 bits per heavy atom. The average molecular weight is 255 g/mol. The van der Waals surface area contributed by atoms with E-state index in [0.29, 0.717) is 5.41 Å². The van der Waals surface area contributed by atoms with Crippen molar-refractivity contribution in [2.45, 2.75) is 39.5 Å². The van der Waals surface area contributed by atoms with Crippen LogP contribution in [0.15, 0.2) is 24.3 Å². The molecule has 2 aromatic rings. The Morgan fingerprint density at radius 1 is 1.16 bits per heavy atom. The Labute approximate surface area is 114 Å². The summed E-state index contributed by atoms with van der Waals surface area (Å²) in [4.78, 5) is 0. The molecule has 1 N–H and O–H groups in total. The second-order valence-electron chi connectivity index (χ2n) is 5.78. The zero-order valence-electron chi connectivity index (χ0n) is 11.7. The van der Waals surface area contributed by atoms with Gasteiger partial charge in [0.25, 0.3) is 0 Å². The van der Waals surface area contributed by atoms with Gasteiger partial charge in [0.2, 0.25) is 0 Å². The van der Waals surface area contributed by atoms with Crippen LogP contribution in [0.4, 0.5) is 5.82 Å². The van der Waals surface area contributed by atoms with Gasteiger partial charge in [0, 0.05) is 17.3 Å². The maximum Gasteiger partial charge on any atom is 0.156 e. The van der Waals surface area contributed by atoms with Crippen LogP contribution in [0.2, 0.25) is 0 Å². The van der Waals surface area contributed by atoms with Gasteiger partial charge in [-0.05, 0) is 31.6 Å². The van der Waals surface area contributed by atoms with Gasteiger partial charge in [-0.2, -0.15) is 5.10 Å². The van der Waals surface area contributed by atoms with Gasteiger partial charge < -0.3 is 5.32 Å². The highest BCUT2D eigenvalue weighted by molar-refractivity contribution is 5.92. The van der Waals surface area contributed by atoms with Crippen molar-refractivity contribution in [3.8, 4) is 0 Å². The molecule has 0 atom stereocenters. The molecule has 1 heterocycles. The lowest BCUT2D eigenvalue weighted by Gasteiger charge is -2.16. The van der Waals surface area contributed by atoms with Crippen molar-refractivity contribution in [1.82, 2.24) is 10.2 Å². The van der Waals surface area contributed by atoms with Crippen LogP contribution in [0.3, 0.4) is 0 Å². The van der Waals surface area contributed by atoms with E-state index in [2.05, 4.69) is 46.7 Å². The van der Waals surface area contributed by atoms with E-state index in [0.717, 1.165) is 18.1 Å². The first kappa shape index (κ1) is 12.4. The summed E-state index contributed by atoms with van der Waals surface area (Å²) in [6.07, 6.45) is 5.29. The summed E-state index contributed by atoms with van der Waals surface area (Å²) in [5.74, 6) is 0.934. The van der Waals surface area contributed by atoms with Gasteiger partial charge in [-0.25, -0.2) is 0 Å². The maximum absolute atomic E-state index is 4.34. The summed E-state index contributed by atoms with van der Waals surface area (Å²) in [6.45, 7) is 5.31. The fraction of sp³-hybridized carbons (Fsp3) is 0.500. The van der Waals surface area contributed by atoms with Crippen LogP contribution >= 0.6 is 0 Å². The van der Waals surface area contributed by atoms with E-state index < -0.39 is 0 Å². The molecule has 0 saturated heterocycles. The molecule has 1 aromatic heterocycles. The van der Waals surface area contributed by atoms with Crippen molar-refractivity contribution in [1.29, 1.82) is 0 Å². The van der Waals surface area contributed by atoms with Gasteiger partial charge in [0.15, 0.2) is 5.82 Å². The number of nitrogens with zero attached hydrogens (tertiary/aromatic N) is 2. The van der Waals surface area contributed by atoms with Crippen molar-refractivity contribution in [2.24, 2.45) is 5.41 Å². The largest absolute Gasteiger partial charge is 0.368 e. The first-order chi connectivity index (χ1) is 9.24. The van der Waals surface area contributed by atoms with E-state index >= 15 is 0 Å². The molecule has 1 fully saturated rings. The van der Waals surface area contributed by atoms with Crippen molar-refractivity contribution in [3.63, 3.8) is 0 Å². The molecule has 19 heavy (non-hydrogen) atoms. The number of anilines is 1. The lowest BCUT2D eigenvalue weighted by Crippen LogP contribution is -2.16. The molecular formula is C16H21N3. The smallest absolute Gasteiger partial charge is 0.156 e. The molecule has 1 aromatic carbocycles. The number of nitrogens with one attached hydrogen (secondary N) is 1. The molecule has 3 rings (SSSR count). The summed E-state index contributed by atoms with van der Waals surface area (Å²) in [5, 5.41) is 14.5. The van der Waals surface area contributed by atoms with E-state index in [1.54, 1.807) is 0 Å². The molecule has 0 radical (unpaired) electrons. The third-order valence-corrected chi connectivity index (χ3v) is 4.24. The van der Waals surface area contributed by atoms with Crippen LogP contribution in [0.5, 0.6) is 0 Å². The minimum absolute atomic E-state index is 0.530. The number of hydrogen-bond donors (Lipinski definition) is 1. The van der Waals surface area contributed by atoms with E-state index in [4.69, 9.17) is 0 Å². The van der Waals surface area contributed by atoms with Gasteiger partial charge in [0.05, 0.1) is 5.69 Å². The second-order valence-corrected chi connectivity index (χ2v) is 5.78. The van der Waals surface area contributed by atoms with Gasteiger partial charge in [-0.15, -0.1) is 5.10 Å². The standard InChI is InChI=1S/C16H21N3/c1-3-8-16(9-10-16)11-17-15-14-7-5-4-6-13(14)12(2)18-19-15/h4-7H,3,8-11H2,1-2H3,(H,17,19). The van der Waals surface area contributed by atoms with E-state index in [-0.39, 0.29) is 0 Å². The number of rotatable bonds is 5. The van der Waals surface area contributed by atoms with Crippen LogP contribution in [0.1, 0.15) is 38.3 Å². The SMILES string of the molecule is CCCC1(CNc2nnc(C)c3ccccc23)CC1. The quantitative estimate of drug-likeness (QED) is 0.879. The predicted molar refractivity (Wildman–Crippen MR) is 79.3 cm³/mol. The highest BCUT2D eigenvalue weighted by atomic mass is 15.2. The van der Waals surface area contributed by atoms with Gasteiger partial charge in [-0.3, -0.25) is 0 Å². The Kier molecular flexibility index (Phi) is 3.13. The normalized spacial score (nSPS) is 16.5. The van der Waals surface area contributed by atoms with Gasteiger partial charge in [-0.1, -0.05) is 37.6 Å².